The molecule has 0 bridgehead atoms. The Morgan fingerprint density at radius 3 is 2.83 bits per heavy atom. The molecule has 0 aliphatic carbocycles. The third-order valence-corrected chi connectivity index (χ3v) is 2.18. The van der Waals surface area contributed by atoms with E-state index >= 15 is 0 Å². The first-order chi connectivity index (χ1) is 5.74. The van der Waals surface area contributed by atoms with Gasteiger partial charge in [-0.3, -0.25) is 0 Å². The summed E-state index contributed by atoms with van der Waals surface area (Å²) < 4.78 is 5.88. The predicted octanol–water partition coefficient (Wildman–Crippen LogP) is 3.27. The molecule has 0 spiro atoms. The lowest BCUT2D eigenvalue weighted by molar-refractivity contribution is 0.136. The molecule has 12 heavy (non-hydrogen) atoms. The van der Waals surface area contributed by atoms with Crippen LogP contribution in [-0.2, 0) is 0 Å². The number of aliphatic hydroxyl groups excluding tert-OH is 1. The Morgan fingerprint density at radius 1 is 1.58 bits per heavy atom. The Kier molecular flexibility index (Phi) is 3.82. The number of unbranched alkanes of at least 4 members (excludes halogenated alkanes) is 1. The second-order valence-corrected chi connectivity index (χ2v) is 3.58. The number of hydrogen-bond acceptors (Lipinski definition) is 2. The van der Waals surface area contributed by atoms with Crippen molar-refractivity contribution in [3.63, 3.8) is 0 Å². The highest BCUT2D eigenvalue weighted by Gasteiger charge is 2.10. The van der Waals surface area contributed by atoms with Crippen LogP contribution in [0.1, 0.15) is 38.1 Å². The van der Waals surface area contributed by atoms with Crippen LogP contribution >= 0.6 is 15.9 Å². The summed E-state index contributed by atoms with van der Waals surface area (Å²) in [6, 6.07) is 3.59. The standard InChI is InChI=1S/C9H13BrO2/c1-2-3-4-7(11)8-5-6-9(10)12-8/h5-7,11H,2-4H2,1H3. The molecule has 0 saturated carbocycles. The van der Waals surface area contributed by atoms with E-state index in [4.69, 9.17) is 4.42 Å². The van der Waals surface area contributed by atoms with Crippen molar-refractivity contribution in [2.24, 2.45) is 0 Å². The summed E-state index contributed by atoms with van der Waals surface area (Å²) in [5.41, 5.74) is 0. The van der Waals surface area contributed by atoms with E-state index in [1.165, 1.54) is 0 Å². The number of furan rings is 1. The van der Waals surface area contributed by atoms with E-state index in [0.717, 1.165) is 19.3 Å². The largest absolute Gasteiger partial charge is 0.452 e. The molecule has 0 aliphatic rings. The van der Waals surface area contributed by atoms with Crippen molar-refractivity contribution in [2.45, 2.75) is 32.3 Å². The number of aliphatic hydroxyl groups is 1. The van der Waals surface area contributed by atoms with E-state index in [2.05, 4.69) is 22.9 Å². The molecule has 0 amide bonds. The first kappa shape index (κ1) is 9.81. The third kappa shape index (κ3) is 2.64. The Bertz CT molecular complexity index is 232. The molecule has 1 unspecified atom stereocenters. The van der Waals surface area contributed by atoms with Crippen molar-refractivity contribution < 1.29 is 9.52 Å². The van der Waals surface area contributed by atoms with Crippen LogP contribution in [0.3, 0.4) is 0 Å². The van der Waals surface area contributed by atoms with E-state index in [9.17, 15) is 5.11 Å². The van der Waals surface area contributed by atoms with E-state index in [1.807, 2.05) is 0 Å². The van der Waals surface area contributed by atoms with Crippen molar-refractivity contribution in [1.82, 2.24) is 0 Å². The molecule has 1 rings (SSSR count). The molecule has 0 aliphatic heterocycles. The van der Waals surface area contributed by atoms with Crippen LogP contribution in [0.5, 0.6) is 0 Å². The Morgan fingerprint density at radius 2 is 2.33 bits per heavy atom. The highest BCUT2D eigenvalue weighted by molar-refractivity contribution is 9.10. The van der Waals surface area contributed by atoms with Crippen molar-refractivity contribution in [3.05, 3.63) is 22.6 Å². The van der Waals surface area contributed by atoms with Gasteiger partial charge in [-0.25, -0.2) is 0 Å². The fourth-order valence-corrected chi connectivity index (χ4v) is 1.37. The summed E-state index contributed by atoms with van der Waals surface area (Å²) in [6.45, 7) is 2.10. The van der Waals surface area contributed by atoms with Gasteiger partial charge in [-0.1, -0.05) is 19.8 Å². The Hall–Kier alpha value is -0.280. The molecule has 1 aromatic rings. The fourth-order valence-electron chi connectivity index (χ4n) is 1.05. The quantitative estimate of drug-likeness (QED) is 0.865. The molecule has 68 valence electrons. The van der Waals surface area contributed by atoms with E-state index in [1.54, 1.807) is 12.1 Å². The molecule has 0 fully saturated rings. The highest BCUT2D eigenvalue weighted by Crippen LogP contribution is 2.23. The lowest BCUT2D eigenvalue weighted by Crippen LogP contribution is -1.94. The van der Waals surface area contributed by atoms with Gasteiger partial charge in [0.15, 0.2) is 4.67 Å². The van der Waals surface area contributed by atoms with Crippen LogP contribution in [0, 0.1) is 0 Å². The van der Waals surface area contributed by atoms with E-state index in [-0.39, 0.29) is 0 Å². The number of hydrogen-bond donors (Lipinski definition) is 1. The number of rotatable bonds is 4. The zero-order chi connectivity index (χ0) is 8.97. The molecule has 0 radical (unpaired) electrons. The van der Waals surface area contributed by atoms with E-state index in [0.29, 0.717) is 10.4 Å². The smallest absolute Gasteiger partial charge is 0.169 e. The summed E-state index contributed by atoms with van der Waals surface area (Å²) in [7, 11) is 0. The van der Waals surface area contributed by atoms with Gasteiger partial charge in [-0.05, 0) is 34.5 Å². The first-order valence-electron chi connectivity index (χ1n) is 4.17. The fraction of sp³-hybridized carbons (Fsp3) is 0.556. The van der Waals surface area contributed by atoms with Crippen LogP contribution in [0.25, 0.3) is 0 Å². The maximum absolute atomic E-state index is 9.55. The van der Waals surface area contributed by atoms with Crippen molar-refractivity contribution in [1.29, 1.82) is 0 Å². The summed E-state index contributed by atoms with van der Waals surface area (Å²) in [6.07, 6.45) is 2.45. The predicted molar refractivity (Wildman–Crippen MR) is 50.9 cm³/mol. The summed E-state index contributed by atoms with van der Waals surface area (Å²) in [5.74, 6) is 0.648. The average molecular weight is 233 g/mol. The summed E-state index contributed by atoms with van der Waals surface area (Å²) >= 11 is 3.19. The molecule has 1 aromatic heterocycles. The Labute approximate surface area is 80.7 Å². The second-order valence-electron chi connectivity index (χ2n) is 2.80. The van der Waals surface area contributed by atoms with E-state index < -0.39 is 6.10 Å². The minimum absolute atomic E-state index is 0.448. The molecule has 0 saturated heterocycles. The lowest BCUT2D eigenvalue weighted by Gasteiger charge is -2.05. The van der Waals surface area contributed by atoms with Gasteiger partial charge < -0.3 is 9.52 Å². The minimum Gasteiger partial charge on any atom is -0.452 e. The molecule has 0 aromatic carbocycles. The summed E-state index contributed by atoms with van der Waals surface area (Å²) in [5, 5.41) is 9.55. The third-order valence-electron chi connectivity index (χ3n) is 1.75. The first-order valence-corrected chi connectivity index (χ1v) is 4.96. The van der Waals surface area contributed by atoms with Crippen molar-refractivity contribution in [3.8, 4) is 0 Å². The van der Waals surface area contributed by atoms with Gasteiger partial charge in [0.1, 0.15) is 11.9 Å². The van der Waals surface area contributed by atoms with Gasteiger partial charge >= 0.3 is 0 Å². The lowest BCUT2D eigenvalue weighted by atomic mass is 10.1. The summed E-state index contributed by atoms with van der Waals surface area (Å²) in [4.78, 5) is 0. The molecule has 1 N–H and O–H groups in total. The van der Waals surface area contributed by atoms with Crippen molar-refractivity contribution >= 4 is 15.9 Å². The molecule has 1 heterocycles. The second kappa shape index (κ2) is 4.67. The van der Waals surface area contributed by atoms with Gasteiger partial charge in [0.05, 0.1) is 0 Å². The average Bonchev–Trinajstić information content (AvgIpc) is 2.47. The zero-order valence-corrected chi connectivity index (χ0v) is 8.67. The van der Waals surface area contributed by atoms with Crippen molar-refractivity contribution in [2.75, 3.05) is 0 Å². The normalized spacial score (nSPS) is 13.2. The molecule has 2 nitrogen and oxygen atoms in total. The van der Waals surface area contributed by atoms with Crippen LogP contribution in [-0.4, -0.2) is 5.11 Å². The Balaban J connectivity index is 2.47. The van der Waals surface area contributed by atoms with Gasteiger partial charge in [0, 0.05) is 0 Å². The minimum atomic E-state index is -0.448. The maximum atomic E-state index is 9.55. The van der Waals surface area contributed by atoms with Gasteiger partial charge in [-0.2, -0.15) is 0 Å². The molecule has 1 atom stereocenters. The van der Waals surface area contributed by atoms with Crippen LogP contribution in [0.4, 0.5) is 0 Å². The highest BCUT2D eigenvalue weighted by atomic mass is 79.9. The molecular weight excluding hydrogens is 220 g/mol. The van der Waals surface area contributed by atoms with Crippen LogP contribution in [0.15, 0.2) is 21.2 Å². The molecular formula is C9H13BrO2. The zero-order valence-electron chi connectivity index (χ0n) is 7.09. The van der Waals surface area contributed by atoms with Gasteiger partial charge in [0.25, 0.3) is 0 Å². The number of halogens is 1. The SMILES string of the molecule is CCCCC(O)c1ccc(Br)o1. The van der Waals surface area contributed by atoms with Crippen LogP contribution in [0.2, 0.25) is 0 Å². The monoisotopic (exact) mass is 232 g/mol. The van der Waals surface area contributed by atoms with Gasteiger partial charge in [-0.15, -0.1) is 0 Å². The van der Waals surface area contributed by atoms with Gasteiger partial charge in [0.2, 0.25) is 0 Å². The maximum Gasteiger partial charge on any atom is 0.169 e. The van der Waals surface area contributed by atoms with Crippen LogP contribution < -0.4 is 0 Å². The topological polar surface area (TPSA) is 33.4 Å². The molecule has 3 heteroatoms.